The van der Waals surface area contributed by atoms with Gasteiger partial charge in [-0.15, -0.1) is 21.5 Å². The zero-order valence-corrected chi connectivity index (χ0v) is 20.4. The van der Waals surface area contributed by atoms with Gasteiger partial charge in [-0.2, -0.15) is 9.61 Å². The standard InChI is InChI=1S/C27H19N5O2S2/c33-36(34,23-14-10-20(11-15-23)19-5-2-1-3-6-19)31-22-12-8-21(9-13-22)24-16-17-26-28-29-27(32(26)30-24)25-7-4-18-35-25/h1-18,31H. The molecule has 0 saturated carbocycles. The zero-order chi connectivity index (χ0) is 24.5. The molecular formula is C27H19N5O2S2. The molecule has 3 aromatic carbocycles. The van der Waals surface area contributed by atoms with Gasteiger partial charge < -0.3 is 0 Å². The van der Waals surface area contributed by atoms with E-state index < -0.39 is 10.0 Å². The van der Waals surface area contributed by atoms with E-state index in [2.05, 4.69) is 14.9 Å². The van der Waals surface area contributed by atoms with Crippen molar-refractivity contribution < 1.29 is 8.42 Å². The van der Waals surface area contributed by atoms with Crippen LogP contribution in [0, 0.1) is 0 Å². The third kappa shape index (κ3) is 4.26. The van der Waals surface area contributed by atoms with Crippen molar-refractivity contribution in [2.24, 2.45) is 0 Å². The van der Waals surface area contributed by atoms with Crippen LogP contribution < -0.4 is 4.72 Å². The Hall–Kier alpha value is -4.34. The number of hydrogen-bond acceptors (Lipinski definition) is 6. The third-order valence-corrected chi connectivity index (χ3v) is 7.97. The minimum absolute atomic E-state index is 0.201. The first kappa shape index (κ1) is 22.1. The molecule has 0 unspecified atom stereocenters. The first-order chi connectivity index (χ1) is 17.6. The predicted octanol–water partition coefficient (Wildman–Crippen LogP) is 5.99. The summed E-state index contributed by atoms with van der Waals surface area (Å²) in [4.78, 5) is 1.18. The van der Waals surface area contributed by atoms with Gasteiger partial charge in [-0.1, -0.05) is 60.7 Å². The van der Waals surface area contributed by atoms with E-state index >= 15 is 0 Å². The molecule has 0 radical (unpaired) electrons. The van der Waals surface area contributed by atoms with Gasteiger partial charge in [0, 0.05) is 11.3 Å². The Labute approximate surface area is 211 Å². The van der Waals surface area contributed by atoms with Crippen molar-refractivity contribution in [2.45, 2.75) is 4.90 Å². The highest BCUT2D eigenvalue weighted by Crippen LogP contribution is 2.26. The van der Waals surface area contributed by atoms with Crippen LogP contribution in [0.4, 0.5) is 5.69 Å². The molecule has 7 nitrogen and oxygen atoms in total. The van der Waals surface area contributed by atoms with Gasteiger partial charge in [0.1, 0.15) is 0 Å². The van der Waals surface area contributed by atoms with Crippen molar-refractivity contribution in [3.63, 3.8) is 0 Å². The summed E-state index contributed by atoms with van der Waals surface area (Å²) < 4.78 is 30.2. The average Bonchev–Trinajstić information content (AvgIpc) is 3.59. The average molecular weight is 510 g/mol. The first-order valence-corrected chi connectivity index (χ1v) is 13.5. The lowest BCUT2D eigenvalue weighted by molar-refractivity contribution is 0.601. The summed E-state index contributed by atoms with van der Waals surface area (Å²) in [6, 6.07) is 31.5. The number of thiophene rings is 1. The molecule has 6 rings (SSSR count). The van der Waals surface area contributed by atoms with E-state index in [0.717, 1.165) is 27.3 Å². The van der Waals surface area contributed by atoms with Crippen molar-refractivity contribution in [3.05, 3.63) is 109 Å². The maximum absolute atomic E-state index is 12.9. The summed E-state index contributed by atoms with van der Waals surface area (Å²) in [5, 5.41) is 15.1. The van der Waals surface area contributed by atoms with Crippen molar-refractivity contribution in [1.29, 1.82) is 0 Å². The fraction of sp³-hybridized carbons (Fsp3) is 0. The van der Waals surface area contributed by atoms with E-state index in [1.807, 2.05) is 84.2 Å². The molecule has 176 valence electrons. The maximum Gasteiger partial charge on any atom is 0.261 e. The van der Waals surface area contributed by atoms with Crippen LogP contribution in [0.5, 0.6) is 0 Å². The van der Waals surface area contributed by atoms with E-state index in [1.165, 1.54) is 0 Å². The van der Waals surface area contributed by atoms with Crippen LogP contribution in [0.25, 0.3) is 38.7 Å². The van der Waals surface area contributed by atoms with E-state index in [9.17, 15) is 8.42 Å². The number of nitrogens with one attached hydrogen (secondary N) is 1. The summed E-state index contributed by atoms with van der Waals surface area (Å²) in [6.07, 6.45) is 0. The smallest absolute Gasteiger partial charge is 0.261 e. The molecule has 9 heteroatoms. The lowest BCUT2D eigenvalue weighted by Crippen LogP contribution is -2.12. The molecule has 0 amide bonds. The number of rotatable bonds is 6. The Kier molecular flexibility index (Phi) is 5.55. The Bertz CT molecular complexity index is 1750. The zero-order valence-electron chi connectivity index (χ0n) is 18.8. The molecule has 36 heavy (non-hydrogen) atoms. The van der Waals surface area contributed by atoms with Crippen molar-refractivity contribution in [1.82, 2.24) is 19.8 Å². The minimum atomic E-state index is -3.73. The highest BCUT2D eigenvalue weighted by Gasteiger charge is 2.15. The second-order valence-corrected chi connectivity index (χ2v) is 10.7. The first-order valence-electron chi connectivity index (χ1n) is 11.1. The van der Waals surface area contributed by atoms with E-state index in [1.54, 1.807) is 40.1 Å². The van der Waals surface area contributed by atoms with Crippen LogP contribution in [-0.2, 0) is 10.0 Å². The predicted molar refractivity (Wildman–Crippen MR) is 142 cm³/mol. The van der Waals surface area contributed by atoms with Gasteiger partial charge in [-0.25, -0.2) is 8.42 Å². The largest absolute Gasteiger partial charge is 0.280 e. The molecule has 1 N–H and O–H groups in total. The topological polar surface area (TPSA) is 89.2 Å². The number of aromatic nitrogens is 4. The normalized spacial score (nSPS) is 11.6. The van der Waals surface area contributed by atoms with Gasteiger partial charge in [0.2, 0.25) is 0 Å². The lowest BCUT2D eigenvalue weighted by atomic mass is 10.1. The number of anilines is 1. The fourth-order valence-electron chi connectivity index (χ4n) is 3.88. The number of nitrogens with zero attached hydrogens (tertiary/aromatic N) is 4. The van der Waals surface area contributed by atoms with Crippen molar-refractivity contribution in [3.8, 4) is 33.1 Å². The van der Waals surface area contributed by atoms with Crippen LogP contribution in [0.3, 0.4) is 0 Å². The van der Waals surface area contributed by atoms with Gasteiger partial charge >= 0.3 is 0 Å². The minimum Gasteiger partial charge on any atom is -0.280 e. The molecule has 3 aromatic heterocycles. The van der Waals surface area contributed by atoms with Gasteiger partial charge in [-0.3, -0.25) is 4.72 Å². The molecule has 0 fully saturated rings. The molecule has 3 heterocycles. The highest BCUT2D eigenvalue weighted by molar-refractivity contribution is 7.92. The maximum atomic E-state index is 12.9. The van der Waals surface area contributed by atoms with Crippen LogP contribution in [0.15, 0.2) is 113 Å². The van der Waals surface area contributed by atoms with E-state index in [4.69, 9.17) is 5.10 Å². The fourth-order valence-corrected chi connectivity index (χ4v) is 5.63. The lowest BCUT2D eigenvalue weighted by Gasteiger charge is -2.10. The van der Waals surface area contributed by atoms with Gasteiger partial charge in [0.25, 0.3) is 10.0 Å². The van der Waals surface area contributed by atoms with Crippen molar-refractivity contribution >= 4 is 32.7 Å². The van der Waals surface area contributed by atoms with E-state index in [-0.39, 0.29) is 4.90 Å². The van der Waals surface area contributed by atoms with Crippen LogP contribution in [0.1, 0.15) is 0 Å². The molecule has 0 aliphatic rings. The number of sulfonamides is 1. The van der Waals surface area contributed by atoms with Crippen LogP contribution in [0.2, 0.25) is 0 Å². The Morgan fingerprint density at radius 1 is 0.694 bits per heavy atom. The molecule has 0 saturated heterocycles. The second-order valence-electron chi connectivity index (χ2n) is 8.06. The summed E-state index contributed by atoms with van der Waals surface area (Å²) in [5.41, 5.74) is 4.69. The SMILES string of the molecule is O=S(=O)(Nc1ccc(-c2ccc3nnc(-c4cccs4)n3n2)cc1)c1ccc(-c2ccccc2)cc1. The Morgan fingerprint density at radius 2 is 1.42 bits per heavy atom. The Balaban J connectivity index is 1.23. The van der Waals surface area contributed by atoms with Crippen molar-refractivity contribution in [2.75, 3.05) is 4.72 Å². The van der Waals surface area contributed by atoms with Crippen LogP contribution in [-0.4, -0.2) is 28.2 Å². The second kappa shape index (κ2) is 9.03. The number of hydrogen-bond donors (Lipinski definition) is 1. The third-order valence-electron chi connectivity index (χ3n) is 5.71. The molecule has 0 spiro atoms. The molecule has 6 aromatic rings. The number of fused-ring (bicyclic) bond motifs is 1. The Morgan fingerprint density at radius 3 is 2.14 bits per heavy atom. The molecule has 0 aliphatic heterocycles. The van der Waals surface area contributed by atoms with Crippen LogP contribution >= 0.6 is 11.3 Å². The van der Waals surface area contributed by atoms with E-state index in [0.29, 0.717) is 17.2 Å². The van der Waals surface area contributed by atoms with Gasteiger partial charge in [0.05, 0.1) is 15.5 Å². The molecule has 0 atom stereocenters. The quantitative estimate of drug-likeness (QED) is 0.298. The monoisotopic (exact) mass is 509 g/mol. The van der Waals surface area contributed by atoms with Gasteiger partial charge in [-0.05, 0) is 59.0 Å². The highest BCUT2D eigenvalue weighted by atomic mass is 32.2. The molecule has 0 bridgehead atoms. The number of benzene rings is 3. The van der Waals surface area contributed by atoms with Gasteiger partial charge in [0.15, 0.2) is 11.5 Å². The summed E-state index contributed by atoms with van der Waals surface area (Å²) in [7, 11) is -3.73. The summed E-state index contributed by atoms with van der Waals surface area (Å²) in [6.45, 7) is 0. The summed E-state index contributed by atoms with van der Waals surface area (Å²) >= 11 is 1.57. The molecule has 0 aliphatic carbocycles. The summed E-state index contributed by atoms with van der Waals surface area (Å²) in [5.74, 6) is 0.685. The molecular weight excluding hydrogens is 490 g/mol.